The highest BCUT2D eigenvalue weighted by molar-refractivity contribution is 6.37. The van der Waals surface area contributed by atoms with Crippen LogP contribution < -0.4 is 0 Å². The predicted molar refractivity (Wildman–Crippen MR) is 58.3 cm³/mol. The van der Waals surface area contributed by atoms with E-state index in [0.29, 0.717) is 5.56 Å². The van der Waals surface area contributed by atoms with Crippen LogP contribution in [0.4, 0.5) is 0 Å². The Balaban J connectivity index is 3.26. The van der Waals surface area contributed by atoms with Crippen LogP contribution >= 0.6 is 23.2 Å². The molecule has 0 unspecified atom stereocenters. The van der Waals surface area contributed by atoms with Crippen molar-refractivity contribution in [2.75, 3.05) is 0 Å². The van der Waals surface area contributed by atoms with Crippen molar-refractivity contribution in [2.24, 2.45) is 0 Å². The predicted octanol–water partition coefficient (Wildman–Crippen LogP) is 3.48. The summed E-state index contributed by atoms with van der Waals surface area (Å²) >= 11 is 11.3. The first-order chi connectivity index (χ1) is 7.08. The van der Waals surface area contributed by atoms with Gasteiger partial charge in [-0.25, -0.2) is 10.1 Å². The molecule has 0 bridgehead atoms. The zero-order chi connectivity index (χ0) is 11.4. The molecular weight excluding hydrogens is 235 g/mol. The second kappa shape index (κ2) is 4.70. The molecule has 0 fully saturated rings. The normalized spacial score (nSPS) is 10.5. The number of phenols is 1. The molecule has 0 atom stereocenters. The number of allylic oxidation sites excluding steroid dienone is 1. The number of hydrogen-bond acceptors (Lipinski definition) is 2. The molecule has 1 N–H and O–H groups in total. The lowest BCUT2D eigenvalue weighted by Gasteiger charge is -2.01. The van der Waals surface area contributed by atoms with Crippen molar-refractivity contribution in [3.05, 3.63) is 44.9 Å². The van der Waals surface area contributed by atoms with E-state index in [4.69, 9.17) is 35.0 Å². The van der Waals surface area contributed by atoms with E-state index in [-0.39, 0.29) is 21.5 Å². The van der Waals surface area contributed by atoms with Gasteiger partial charge in [-0.1, -0.05) is 23.2 Å². The molecule has 5 heteroatoms. The van der Waals surface area contributed by atoms with Gasteiger partial charge >= 0.3 is 0 Å². The number of nitriles is 1. The van der Waals surface area contributed by atoms with Crippen LogP contribution in [0.25, 0.3) is 10.9 Å². The number of rotatable bonds is 1. The molecule has 0 heterocycles. The number of nitrogens with zero attached hydrogens (tertiary/aromatic N) is 2. The van der Waals surface area contributed by atoms with Crippen molar-refractivity contribution in [2.45, 2.75) is 0 Å². The smallest absolute Gasteiger partial charge is 0.262 e. The van der Waals surface area contributed by atoms with Crippen LogP contribution in [0.5, 0.6) is 5.75 Å². The molecule has 74 valence electrons. The maximum atomic E-state index is 9.27. The van der Waals surface area contributed by atoms with Gasteiger partial charge in [-0.2, -0.15) is 0 Å². The number of aromatic hydroxyl groups is 1. The Kier molecular flexibility index (Phi) is 3.57. The molecule has 1 aromatic rings. The summed E-state index contributed by atoms with van der Waals surface area (Å²) in [6.07, 6.45) is 1.34. The van der Waals surface area contributed by atoms with Crippen molar-refractivity contribution in [3.8, 4) is 11.8 Å². The third-order valence-corrected chi connectivity index (χ3v) is 2.15. The SMILES string of the molecule is [C-]#[N+]/C(C#N)=C\c1cc(Cl)c(O)c(Cl)c1. The summed E-state index contributed by atoms with van der Waals surface area (Å²) in [7, 11) is 0. The summed E-state index contributed by atoms with van der Waals surface area (Å²) < 4.78 is 0. The maximum Gasteiger partial charge on any atom is 0.262 e. The van der Waals surface area contributed by atoms with Gasteiger partial charge in [0.2, 0.25) is 0 Å². The summed E-state index contributed by atoms with van der Waals surface area (Å²) in [5, 5.41) is 18.0. The van der Waals surface area contributed by atoms with Gasteiger partial charge in [0.15, 0.2) is 5.75 Å². The van der Waals surface area contributed by atoms with E-state index in [0.717, 1.165) is 0 Å². The Morgan fingerprint density at radius 1 is 1.47 bits per heavy atom. The Labute approximate surface area is 96.6 Å². The number of phenolic OH excluding ortho intramolecular Hbond substituents is 1. The summed E-state index contributed by atoms with van der Waals surface area (Å²) in [4.78, 5) is 2.98. The minimum absolute atomic E-state index is 0.0761. The third-order valence-electron chi connectivity index (χ3n) is 1.58. The number of benzene rings is 1. The third kappa shape index (κ3) is 2.63. The first-order valence-corrected chi connectivity index (χ1v) is 4.51. The standard InChI is InChI=1S/C10H4Cl2N2O/c1-14-7(5-13)2-6-3-8(11)10(15)9(12)4-6/h2-4,15H/b7-2-. The van der Waals surface area contributed by atoms with Crippen molar-refractivity contribution in [1.29, 1.82) is 5.26 Å². The fourth-order valence-corrected chi connectivity index (χ4v) is 1.42. The molecule has 0 aliphatic heterocycles. The van der Waals surface area contributed by atoms with Gasteiger partial charge in [0.1, 0.15) is 0 Å². The van der Waals surface area contributed by atoms with Crippen molar-refractivity contribution < 1.29 is 5.11 Å². The number of halogens is 2. The van der Waals surface area contributed by atoms with E-state index in [1.54, 1.807) is 6.07 Å². The van der Waals surface area contributed by atoms with E-state index >= 15 is 0 Å². The molecule has 15 heavy (non-hydrogen) atoms. The van der Waals surface area contributed by atoms with Crippen LogP contribution in [0, 0.1) is 17.9 Å². The summed E-state index contributed by atoms with van der Waals surface area (Å²) in [6, 6.07) is 4.56. The van der Waals surface area contributed by atoms with E-state index in [1.165, 1.54) is 18.2 Å². The zero-order valence-corrected chi connectivity index (χ0v) is 8.84. The van der Waals surface area contributed by atoms with Gasteiger partial charge in [-0.3, -0.25) is 0 Å². The van der Waals surface area contributed by atoms with Gasteiger partial charge in [-0.05, 0) is 23.8 Å². The second-order valence-corrected chi connectivity index (χ2v) is 3.40. The van der Waals surface area contributed by atoms with Crippen LogP contribution in [0.15, 0.2) is 17.8 Å². The van der Waals surface area contributed by atoms with E-state index in [9.17, 15) is 5.11 Å². The number of hydrogen-bond donors (Lipinski definition) is 1. The lowest BCUT2D eigenvalue weighted by atomic mass is 10.2. The fraction of sp³-hybridized carbons (Fsp3) is 0. The van der Waals surface area contributed by atoms with Crippen LogP contribution in [0.3, 0.4) is 0 Å². The molecule has 0 saturated carbocycles. The lowest BCUT2D eigenvalue weighted by molar-refractivity contribution is 0.476. The molecule has 0 spiro atoms. The molecule has 0 amide bonds. The zero-order valence-electron chi connectivity index (χ0n) is 7.33. The first kappa shape index (κ1) is 11.4. The van der Waals surface area contributed by atoms with Crippen LogP contribution in [0.2, 0.25) is 10.0 Å². The summed E-state index contributed by atoms with van der Waals surface area (Å²) in [6.45, 7) is 6.68. The minimum atomic E-state index is -0.211. The van der Waals surface area contributed by atoms with Crippen molar-refractivity contribution >= 4 is 29.3 Å². The highest BCUT2D eigenvalue weighted by Crippen LogP contribution is 2.33. The van der Waals surface area contributed by atoms with Crippen molar-refractivity contribution in [1.82, 2.24) is 0 Å². The van der Waals surface area contributed by atoms with Crippen LogP contribution in [0.1, 0.15) is 5.56 Å². The monoisotopic (exact) mass is 238 g/mol. The summed E-state index contributed by atoms with van der Waals surface area (Å²) in [5.74, 6) is -0.211. The van der Waals surface area contributed by atoms with E-state index in [2.05, 4.69) is 4.85 Å². The highest BCUT2D eigenvalue weighted by Gasteiger charge is 2.05. The van der Waals surface area contributed by atoms with Crippen LogP contribution in [-0.2, 0) is 0 Å². The molecule has 1 aromatic carbocycles. The highest BCUT2D eigenvalue weighted by atomic mass is 35.5. The fourth-order valence-electron chi connectivity index (χ4n) is 0.916. The first-order valence-electron chi connectivity index (χ1n) is 3.75. The van der Waals surface area contributed by atoms with Crippen LogP contribution in [-0.4, -0.2) is 5.11 Å². The molecule has 0 aliphatic carbocycles. The van der Waals surface area contributed by atoms with E-state index in [1.807, 2.05) is 0 Å². The molecular formula is C10H4Cl2N2O. The lowest BCUT2D eigenvalue weighted by Crippen LogP contribution is -1.78. The molecule has 3 nitrogen and oxygen atoms in total. The Hall–Kier alpha value is -1.68. The molecule has 0 aromatic heterocycles. The van der Waals surface area contributed by atoms with Gasteiger partial charge < -0.3 is 5.11 Å². The Bertz CT molecular complexity index is 470. The average molecular weight is 239 g/mol. The molecule has 0 aliphatic rings. The Morgan fingerprint density at radius 3 is 2.40 bits per heavy atom. The van der Waals surface area contributed by atoms with Gasteiger partial charge in [0.05, 0.1) is 22.7 Å². The second-order valence-electron chi connectivity index (χ2n) is 2.59. The van der Waals surface area contributed by atoms with Gasteiger partial charge in [0.25, 0.3) is 5.70 Å². The van der Waals surface area contributed by atoms with Crippen molar-refractivity contribution in [3.63, 3.8) is 0 Å². The van der Waals surface area contributed by atoms with Gasteiger partial charge in [0, 0.05) is 0 Å². The Morgan fingerprint density at radius 2 is 2.00 bits per heavy atom. The molecule has 0 saturated heterocycles. The summed E-state index contributed by atoms with van der Waals surface area (Å²) in [5.41, 5.74) is 0.420. The van der Waals surface area contributed by atoms with Gasteiger partial charge in [-0.15, -0.1) is 0 Å². The molecule has 1 rings (SSSR count). The quantitative estimate of drug-likeness (QED) is 0.602. The molecule has 0 radical (unpaired) electrons. The van der Waals surface area contributed by atoms with E-state index < -0.39 is 0 Å². The average Bonchev–Trinajstić information content (AvgIpc) is 2.22. The maximum absolute atomic E-state index is 9.27. The largest absolute Gasteiger partial charge is 0.505 e. The topological polar surface area (TPSA) is 48.4 Å². The minimum Gasteiger partial charge on any atom is -0.505 e.